The van der Waals surface area contributed by atoms with Crippen LogP contribution >= 0.6 is 0 Å². The zero-order valence-electron chi connectivity index (χ0n) is 15.3. The quantitative estimate of drug-likeness (QED) is 0.752. The Morgan fingerprint density at radius 3 is 2.48 bits per heavy atom. The lowest BCUT2D eigenvalue weighted by Gasteiger charge is -2.38. The molecule has 0 bridgehead atoms. The minimum atomic E-state index is -1.00. The van der Waals surface area contributed by atoms with Gasteiger partial charge in [0.15, 0.2) is 0 Å². The number of carbonyl (C=O) groups excluding carboxylic acids is 1. The molecule has 23 heavy (non-hydrogen) atoms. The summed E-state index contributed by atoms with van der Waals surface area (Å²) in [5, 5.41) is 12.0. The van der Waals surface area contributed by atoms with Crippen molar-refractivity contribution in [2.75, 3.05) is 6.61 Å². The predicted molar refractivity (Wildman–Crippen MR) is 90.2 cm³/mol. The third kappa shape index (κ3) is 7.34. The highest BCUT2D eigenvalue weighted by atomic mass is 16.5. The van der Waals surface area contributed by atoms with Gasteiger partial charge in [0.05, 0.1) is 5.60 Å². The lowest BCUT2D eigenvalue weighted by molar-refractivity contribution is -0.143. The van der Waals surface area contributed by atoms with Crippen molar-refractivity contribution in [2.45, 2.75) is 84.8 Å². The van der Waals surface area contributed by atoms with Gasteiger partial charge in [-0.2, -0.15) is 0 Å². The molecule has 0 saturated heterocycles. The van der Waals surface area contributed by atoms with E-state index in [-0.39, 0.29) is 23.3 Å². The first kappa shape index (κ1) is 19.9. The van der Waals surface area contributed by atoms with Crippen LogP contribution in [0.15, 0.2) is 0 Å². The van der Waals surface area contributed by atoms with E-state index in [0.29, 0.717) is 18.9 Å². The normalized spacial score (nSPS) is 22.4. The molecule has 1 amide bonds. The summed E-state index contributed by atoms with van der Waals surface area (Å²) in [4.78, 5) is 23.6. The van der Waals surface area contributed by atoms with Crippen LogP contribution in [0.1, 0.15) is 73.1 Å². The second-order valence-electron chi connectivity index (χ2n) is 8.34. The molecule has 0 aliphatic heterocycles. The smallest absolute Gasteiger partial charge is 0.326 e. The molecule has 1 aliphatic rings. The number of carbonyl (C=O) groups is 2. The topological polar surface area (TPSA) is 75.6 Å². The van der Waals surface area contributed by atoms with Gasteiger partial charge in [0, 0.05) is 19.4 Å². The first-order chi connectivity index (χ1) is 10.5. The SMILES string of the molecule is CC(C)(C)OCCC(NC(=O)CC1CCCCC1(C)C)C(=O)O. The highest BCUT2D eigenvalue weighted by Gasteiger charge is 2.34. The molecule has 0 spiro atoms. The number of ether oxygens (including phenoxy) is 1. The van der Waals surface area contributed by atoms with Crippen LogP contribution in [0.5, 0.6) is 0 Å². The Morgan fingerprint density at radius 2 is 1.96 bits per heavy atom. The lowest BCUT2D eigenvalue weighted by Crippen LogP contribution is -2.43. The van der Waals surface area contributed by atoms with Crippen LogP contribution in [-0.2, 0) is 14.3 Å². The Balaban J connectivity index is 2.49. The molecule has 1 rings (SSSR count). The summed E-state index contributed by atoms with van der Waals surface area (Å²) >= 11 is 0. The number of amides is 1. The van der Waals surface area contributed by atoms with Crippen molar-refractivity contribution in [3.8, 4) is 0 Å². The van der Waals surface area contributed by atoms with Crippen molar-refractivity contribution in [2.24, 2.45) is 11.3 Å². The third-order valence-corrected chi connectivity index (χ3v) is 4.74. The van der Waals surface area contributed by atoms with Gasteiger partial charge in [-0.05, 0) is 44.9 Å². The first-order valence-electron chi connectivity index (χ1n) is 8.67. The van der Waals surface area contributed by atoms with Crippen LogP contribution in [0.2, 0.25) is 0 Å². The van der Waals surface area contributed by atoms with E-state index in [1.807, 2.05) is 20.8 Å². The van der Waals surface area contributed by atoms with Crippen molar-refractivity contribution in [3.05, 3.63) is 0 Å². The number of hydrogen-bond donors (Lipinski definition) is 2. The van der Waals surface area contributed by atoms with Gasteiger partial charge < -0.3 is 15.2 Å². The molecular formula is C18H33NO4. The van der Waals surface area contributed by atoms with Crippen LogP contribution in [0.25, 0.3) is 0 Å². The van der Waals surface area contributed by atoms with Gasteiger partial charge in [-0.15, -0.1) is 0 Å². The van der Waals surface area contributed by atoms with E-state index in [1.54, 1.807) is 0 Å². The maximum absolute atomic E-state index is 12.3. The standard InChI is InChI=1S/C18H33NO4/c1-17(2,3)23-11-9-14(16(21)22)19-15(20)12-13-8-6-7-10-18(13,4)5/h13-14H,6-12H2,1-5H3,(H,19,20)(H,21,22). The Labute approximate surface area is 140 Å². The van der Waals surface area contributed by atoms with Gasteiger partial charge >= 0.3 is 5.97 Å². The molecule has 0 aromatic carbocycles. The summed E-state index contributed by atoms with van der Waals surface area (Å²) in [5.74, 6) is -0.830. The van der Waals surface area contributed by atoms with E-state index >= 15 is 0 Å². The van der Waals surface area contributed by atoms with Crippen LogP contribution in [0.3, 0.4) is 0 Å². The monoisotopic (exact) mass is 327 g/mol. The van der Waals surface area contributed by atoms with E-state index in [9.17, 15) is 14.7 Å². The average molecular weight is 327 g/mol. The number of hydrogen-bond acceptors (Lipinski definition) is 3. The second-order valence-corrected chi connectivity index (χ2v) is 8.34. The maximum Gasteiger partial charge on any atom is 0.326 e. The zero-order chi connectivity index (χ0) is 17.7. The molecule has 1 saturated carbocycles. The van der Waals surface area contributed by atoms with E-state index in [0.717, 1.165) is 19.3 Å². The summed E-state index contributed by atoms with van der Waals surface area (Å²) in [6.07, 6.45) is 5.25. The molecule has 0 radical (unpaired) electrons. The molecule has 0 aromatic heterocycles. The fourth-order valence-corrected chi connectivity index (χ4v) is 3.16. The molecule has 2 unspecified atom stereocenters. The van der Waals surface area contributed by atoms with Gasteiger partial charge in [-0.1, -0.05) is 26.7 Å². The number of nitrogens with one attached hydrogen (secondary N) is 1. The van der Waals surface area contributed by atoms with E-state index in [4.69, 9.17) is 4.74 Å². The van der Waals surface area contributed by atoms with E-state index in [1.165, 1.54) is 6.42 Å². The number of aliphatic carboxylic acids is 1. The van der Waals surface area contributed by atoms with Gasteiger partial charge in [-0.3, -0.25) is 4.79 Å². The minimum Gasteiger partial charge on any atom is -0.480 e. The fraction of sp³-hybridized carbons (Fsp3) is 0.889. The van der Waals surface area contributed by atoms with Gasteiger partial charge in [0.1, 0.15) is 6.04 Å². The Morgan fingerprint density at radius 1 is 1.30 bits per heavy atom. The summed E-state index contributed by atoms with van der Waals surface area (Å²) in [7, 11) is 0. The molecule has 1 fully saturated rings. The molecular weight excluding hydrogens is 294 g/mol. The van der Waals surface area contributed by atoms with Crippen LogP contribution < -0.4 is 5.32 Å². The van der Waals surface area contributed by atoms with Crippen molar-refractivity contribution in [3.63, 3.8) is 0 Å². The van der Waals surface area contributed by atoms with Crippen molar-refractivity contribution in [1.29, 1.82) is 0 Å². The van der Waals surface area contributed by atoms with Crippen LogP contribution in [0.4, 0.5) is 0 Å². The molecule has 5 heteroatoms. The molecule has 134 valence electrons. The fourth-order valence-electron chi connectivity index (χ4n) is 3.16. The summed E-state index contributed by atoms with van der Waals surface area (Å²) in [6, 6.07) is -0.878. The largest absolute Gasteiger partial charge is 0.480 e. The summed E-state index contributed by atoms with van der Waals surface area (Å²) in [6.45, 7) is 10.5. The molecule has 0 aromatic rings. The van der Waals surface area contributed by atoms with Crippen molar-refractivity contribution < 1.29 is 19.4 Å². The van der Waals surface area contributed by atoms with Crippen LogP contribution in [-0.4, -0.2) is 35.2 Å². The van der Waals surface area contributed by atoms with Gasteiger partial charge in [0.2, 0.25) is 5.91 Å². The third-order valence-electron chi connectivity index (χ3n) is 4.74. The lowest BCUT2D eigenvalue weighted by atomic mass is 9.67. The zero-order valence-corrected chi connectivity index (χ0v) is 15.3. The summed E-state index contributed by atoms with van der Waals surface area (Å²) in [5.41, 5.74) is -0.150. The van der Waals surface area contributed by atoms with Crippen molar-refractivity contribution >= 4 is 11.9 Å². The second kappa shape index (κ2) is 8.13. The highest BCUT2D eigenvalue weighted by molar-refractivity contribution is 5.83. The highest BCUT2D eigenvalue weighted by Crippen LogP contribution is 2.42. The minimum absolute atomic E-state index is 0.156. The van der Waals surface area contributed by atoms with Crippen LogP contribution in [0, 0.1) is 11.3 Å². The first-order valence-corrected chi connectivity index (χ1v) is 8.67. The van der Waals surface area contributed by atoms with E-state index < -0.39 is 12.0 Å². The van der Waals surface area contributed by atoms with E-state index in [2.05, 4.69) is 19.2 Å². The van der Waals surface area contributed by atoms with Crippen molar-refractivity contribution in [1.82, 2.24) is 5.32 Å². The number of carboxylic acid groups (broad SMARTS) is 1. The predicted octanol–water partition coefficient (Wildman–Crippen LogP) is 3.37. The van der Waals surface area contributed by atoms with Gasteiger partial charge in [0.25, 0.3) is 0 Å². The molecule has 5 nitrogen and oxygen atoms in total. The molecule has 0 heterocycles. The molecule has 2 atom stereocenters. The Hall–Kier alpha value is -1.10. The molecule has 2 N–H and O–H groups in total. The Bertz CT molecular complexity index is 412. The van der Waals surface area contributed by atoms with Gasteiger partial charge in [-0.25, -0.2) is 4.79 Å². The maximum atomic E-state index is 12.3. The summed E-state index contributed by atoms with van der Waals surface area (Å²) < 4.78 is 5.56. The molecule has 1 aliphatic carbocycles. The average Bonchev–Trinajstić information content (AvgIpc) is 2.38. The Kier molecular flexibility index (Phi) is 7.05. The number of carboxylic acids is 1. The number of rotatable bonds is 7.